The number of thioether (sulfide) groups is 1. The Kier molecular flexibility index (Phi) is 3.51. The van der Waals surface area contributed by atoms with E-state index in [1.165, 1.54) is 4.90 Å². The Morgan fingerprint density at radius 2 is 2.00 bits per heavy atom. The molecule has 1 amide bonds. The lowest BCUT2D eigenvalue weighted by molar-refractivity contribution is 0.0910. The van der Waals surface area contributed by atoms with Crippen LogP contribution in [0.2, 0.25) is 0 Å². The molecule has 1 saturated carbocycles. The Balaban J connectivity index is 1.93. The van der Waals surface area contributed by atoms with Crippen LogP contribution < -0.4 is 11.1 Å². The average molecular weight is 236 g/mol. The molecule has 0 aromatic heterocycles. The zero-order chi connectivity index (χ0) is 11.5. The lowest BCUT2D eigenvalue weighted by Crippen LogP contribution is -2.50. The van der Waals surface area contributed by atoms with E-state index in [1.807, 2.05) is 30.5 Å². The van der Waals surface area contributed by atoms with Crippen molar-refractivity contribution >= 4 is 17.7 Å². The van der Waals surface area contributed by atoms with Crippen LogP contribution in [-0.4, -0.2) is 24.2 Å². The summed E-state index contributed by atoms with van der Waals surface area (Å²) in [7, 11) is 0. The number of carbonyl (C=O) groups excluding carboxylic acids is 1. The van der Waals surface area contributed by atoms with Crippen molar-refractivity contribution in [3.8, 4) is 0 Å². The summed E-state index contributed by atoms with van der Waals surface area (Å²) in [5.74, 6) is 0.00422. The maximum atomic E-state index is 11.8. The van der Waals surface area contributed by atoms with Crippen molar-refractivity contribution in [2.75, 3.05) is 6.26 Å². The molecule has 0 saturated heterocycles. The predicted octanol–water partition coefficient (Wildman–Crippen LogP) is 1.63. The topological polar surface area (TPSA) is 55.1 Å². The summed E-state index contributed by atoms with van der Waals surface area (Å²) in [6.07, 6.45) is 3.81. The highest BCUT2D eigenvalue weighted by Crippen LogP contribution is 2.19. The van der Waals surface area contributed by atoms with Gasteiger partial charge in [-0.2, -0.15) is 0 Å². The molecule has 1 fully saturated rings. The van der Waals surface area contributed by atoms with Crippen LogP contribution in [0.4, 0.5) is 0 Å². The normalized spacial score (nSPS) is 23.6. The zero-order valence-corrected chi connectivity index (χ0v) is 10.1. The van der Waals surface area contributed by atoms with Crippen molar-refractivity contribution in [1.82, 2.24) is 5.32 Å². The first-order valence-electron chi connectivity index (χ1n) is 5.39. The molecule has 1 aromatic carbocycles. The second-order valence-corrected chi connectivity index (χ2v) is 5.01. The van der Waals surface area contributed by atoms with E-state index in [1.54, 1.807) is 11.8 Å². The third-order valence-corrected chi connectivity index (χ3v) is 3.61. The van der Waals surface area contributed by atoms with Crippen LogP contribution >= 0.6 is 11.8 Å². The van der Waals surface area contributed by atoms with E-state index in [2.05, 4.69) is 5.32 Å². The van der Waals surface area contributed by atoms with Gasteiger partial charge in [0.05, 0.1) is 0 Å². The predicted molar refractivity (Wildman–Crippen MR) is 66.7 cm³/mol. The Morgan fingerprint density at radius 1 is 1.38 bits per heavy atom. The van der Waals surface area contributed by atoms with Crippen molar-refractivity contribution in [3.05, 3.63) is 29.8 Å². The van der Waals surface area contributed by atoms with Gasteiger partial charge in [0.2, 0.25) is 0 Å². The van der Waals surface area contributed by atoms with E-state index in [9.17, 15) is 4.79 Å². The number of rotatable bonds is 3. The summed E-state index contributed by atoms with van der Waals surface area (Å²) < 4.78 is 0. The Bertz CT molecular complexity index is 371. The number of nitrogens with two attached hydrogens (primary N) is 1. The van der Waals surface area contributed by atoms with E-state index >= 15 is 0 Å². The highest BCUT2D eigenvalue weighted by atomic mass is 32.2. The molecule has 1 aromatic rings. The number of benzene rings is 1. The van der Waals surface area contributed by atoms with Crippen LogP contribution in [0.3, 0.4) is 0 Å². The fourth-order valence-electron chi connectivity index (χ4n) is 1.79. The van der Waals surface area contributed by atoms with Gasteiger partial charge in [-0.1, -0.05) is 0 Å². The summed E-state index contributed by atoms with van der Waals surface area (Å²) in [4.78, 5) is 13.0. The Hall–Kier alpha value is -1.00. The van der Waals surface area contributed by atoms with Gasteiger partial charge in [0.15, 0.2) is 0 Å². The number of nitrogens with one attached hydrogen (secondary N) is 1. The first-order chi connectivity index (χ1) is 7.69. The second-order valence-electron chi connectivity index (χ2n) is 4.13. The van der Waals surface area contributed by atoms with E-state index < -0.39 is 0 Å². The summed E-state index contributed by atoms with van der Waals surface area (Å²) >= 11 is 1.67. The molecule has 1 aliphatic carbocycles. The zero-order valence-electron chi connectivity index (χ0n) is 9.27. The van der Waals surface area contributed by atoms with E-state index in [-0.39, 0.29) is 18.0 Å². The van der Waals surface area contributed by atoms with Crippen LogP contribution in [0.15, 0.2) is 29.2 Å². The molecule has 0 atom stereocenters. The number of carbonyl (C=O) groups is 1. The summed E-state index contributed by atoms with van der Waals surface area (Å²) in [5.41, 5.74) is 6.39. The summed E-state index contributed by atoms with van der Waals surface area (Å²) in [6, 6.07) is 8.18. The molecule has 0 radical (unpaired) electrons. The van der Waals surface area contributed by atoms with Crippen molar-refractivity contribution in [1.29, 1.82) is 0 Å². The van der Waals surface area contributed by atoms with Gasteiger partial charge in [-0.05, 0) is 43.4 Å². The number of hydrogen-bond acceptors (Lipinski definition) is 3. The molecule has 1 aliphatic rings. The minimum absolute atomic E-state index is 0.00422. The Morgan fingerprint density at radius 3 is 2.50 bits per heavy atom. The molecule has 4 heteroatoms. The van der Waals surface area contributed by atoms with Gasteiger partial charge >= 0.3 is 0 Å². The van der Waals surface area contributed by atoms with Crippen LogP contribution in [0, 0.1) is 0 Å². The van der Waals surface area contributed by atoms with Crippen LogP contribution in [-0.2, 0) is 0 Å². The number of hydrogen-bond donors (Lipinski definition) is 2. The lowest BCUT2D eigenvalue weighted by atomic mass is 9.87. The van der Waals surface area contributed by atoms with Crippen molar-refractivity contribution in [2.24, 2.45) is 5.73 Å². The van der Waals surface area contributed by atoms with Gasteiger partial charge in [0, 0.05) is 22.5 Å². The maximum Gasteiger partial charge on any atom is 0.251 e. The largest absolute Gasteiger partial charge is 0.349 e. The van der Waals surface area contributed by atoms with E-state index in [0.29, 0.717) is 0 Å². The highest BCUT2D eigenvalue weighted by molar-refractivity contribution is 7.98. The Labute approximate surface area is 99.8 Å². The van der Waals surface area contributed by atoms with Crippen molar-refractivity contribution < 1.29 is 4.79 Å². The van der Waals surface area contributed by atoms with E-state index in [0.717, 1.165) is 18.4 Å². The first kappa shape index (κ1) is 11.5. The highest BCUT2D eigenvalue weighted by Gasteiger charge is 2.27. The molecule has 0 aliphatic heterocycles. The smallest absolute Gasteiger partial charge is 0.251 e. The van der Waals surface area contributed by atoms with Gasteiger partial charge in [-0.25, -0.2) is 0 Å². The molecule has 16 heavy (non-hydrogen) atoms. The lowest BCUT2D eigenvalue weighted by Gasteiger charge is -2.32. The third kappa shape index (κ3) is 2.57. The minimum atomic E-state index is 0.00422. The van der Waals surface area contributed by atoms with Crippen molar-refractivity contribution in [2.45, 2.75) is 29.8 Å². The third-order valence-electron chi connectivity index (χ3n) is 2.86. The standard InChI is InChI=1S/C12H16N2OS/c1-16-11-4-2-8(3-5-11)12(15)14-10-6-9(13)7-10/h2-5,9-10H,6-7,13H2,1H3,(H,14,15). The average Bonchev–Trinajstić information content (AvgIpc) is 2.27. The molecule has 3 N–H and O–H groups in total. The summed E-state index contributed by atoms with van der Waals surface area (Å²) in [5, 5.41) is 2.97. The molecule has 0 heterocycles. The SMILES string of the molecule is CSc1ccc(C(=O)NC2CC(N)C2)cc1. The molecular weight excluding hydrogens is 220 g/mol. The molecular formula is C12H16N2OS. The van der Waals surface area contributed by atoms with E-state index in [4.69, 9.17) is 5.73 Å². The van der Waals surface area contributed by atoms with Gasteiger partial charge in [0.25, 0.3) is 5.91 Å². The fourth-order valence-corrected chi connectivity index (χ4v) is 2.20. The first-order valence-corrected chi connectivity index (χ1v) is 6.62. The van der Waals surface area contributed by atoms with Gasteiger partial charge in [0.1, 0.15) is 0 Å². The molecule has 0 unspecified atom stereocenters. The van der Waals surface area contributed by atoms with Gasteiger partial charge < -0.3 is 11.1 Å². The summed E-state index contributed by atoms with van der Waals surface area (Å²) in [6.45, 7) is 0. The maximum absolute atomic E-state index is 11.8. The van der Waals surface area contributed by atoms with Crippen molar-refractivity contribution in [3.63, 3.8) is 0 Å². The monoisotopic (exact) mass is 236 g/mol. The fraction of sp³-hybridized carbons (Fsp3) is 0.417. The van der Waals surface area contributed by atoms with Crippen LogP contribution in [0.25, 0.3) is 0 Å². The quantitative estimate of drug-likeness (QED) is 0.784. The van der Waals surface area contributed by atoms with Gasteiger partial charge in [-0.15, -0.1) is 11.8 Å². The van der Waals surface area contributed by atoms with Crippen LogP contribution in [0.5, 0.6) is 0 Å². The van der Waals surface area contributed by atoms with Crippen LogP contribution in [0.1, 0.15) is 23.2 Å². The number of amides is 1. The second kappa shape index (κ2) is 4.89. The molecule has 2 rings (SSSR count). The molecule has 0 bridgehead atoms. The van der Waals surface area contributed by atoms with Gasteiger partial charge in [-0.3, -0.25) is 4.79 Å². The molecule has 0 spiro atoms. The molecule has 3 nitrogen and oxygen atoms in total. The molecule has 86 valence electrons. The minimum Gasteiger partial charge on any atom is -0.349 e.